The van der Waals surface area contributed by atoms with E-state index in [1.807, 2.05) is 0 Å². The zero-order chi connectivity index (χ0) is 19.2. The Labute approximate surface area is 157 Å². The molecule has 1 aromatic heterocycles. The zero-order valence-electron chi connectivity index (χ0n) is 15.5. The zero-order valence-corrected chi connectivity index (χ0v) is 15.5. The van der Waals surface area contributed by atoms with Crippen LogP contribution in [0.1, 0.15) is 56.7 Å². The molecule has 0 aliphatic heterocycles. The lowest BCUT2D eigenvalue weighted by atomic mass is 9.90. The Kier molecular flexibility index (Phi) is 6.39. The van der Waals surface area contributed by atoms with E-state index >= 15 is 0 Å². The predicted molar refractivity (Wildman–Crippen MR) is 101 cm³/mol. The van der Waals surface area contributed by atoms with Crippen LogP contribution in [0.2, 0.25) is 0 Å². The Morgan fingerprint density at radius 2 is 1.89 bits per heavy atom. The van der Waals surface area contributed by atoms with Gasteiger partial charge in [0.1, 0.15) is 12.4 Å². The first-order valence-corrected chi connectivity index (χ1v) is 9.44. The summed E-state index contributed by atoms with van der Waals surface area (Å²) >= 11 is 0. The minimum absolute atomic E-state index is 0.103. The molecule has 3 rings (SSSR count). The van der Waals surface area contributed by atoms with Gasteiger partial charge in [-0.2, -0.15) is 0 Å². The average molecular weight is 375 g/mol. The number of hydrogen-bond acceptors (Lipinski definition) is 6. The number of nitro groups is 1. The van der Waals surface area contributed by atoms with Crippen LogP contribution in [-0.2, 0) is 4.74 Å². The second-order valence-electron chi connectivity index (χ2n) is 6.93. The molecule has 1 heterocycles. The number of rotatable bonds is 6. The summed E-state index contributed by atoms with van der Waals surface area (Å²) in [5.74, 6) is 0.993. The van der Waals surface area contributed by atoms with Gasteiger partial charge < -0.3 is 14.5 Å². The monoisotopic (exact) mass is 375 g/mol. The third kappa shape index (κ3) is 4.63. The fraction of sp³-hybridized carbons (Fsp3) is 0.579. The van der Waals surface area contributed by atoms with Gasteiger partial charge in [-0.25, -0.2) is 4.98 Å². The number of fused-ring (bicyclic) bond motifs is 1. The highest BCUT2D eigenvalue weighted by molar-refractivity contribution is 5.83. The number of ether oxygens (including phenoxy) is 2. The molecule has 8 heteroatoms. The Morgan fingerprint density at radius 1 is 1.19 bits per heavy atom. The standard InChI is InChI=1S/C19H25N3O5/c1-26-9-10-27-17-12-15-14(11-16(17)22(24)25)19(23)21-18(20-15)13-7-5-3-2-4-6-8-13/h11-13H,2-10H2,1H3,(H,20,21,23). The van der Waals surface area contributed by atoms with E-state index in [0.29, 0.717) is 17.9 Å². The van der Waals surface area contributed by atoms with Crippen molar-refractivity contribution in [2.24, 2.45) is 0 Å². The van der Waals surface area contributed by atoms with E-state index in [0.717, 1.165) is 25.7 Å². The molecule has 8 nitrogen and oxygen atoms in total. The molecule has 0 saturated heterocycles. The lowest BCUT2D eigenvalue weighted by Gasteiger charge is -2.19. The number of nitrogens with zero attached hydrogens (tertiary/aromatic N) is 2. The van der Waals surface area contributed by atoms with Crippen molar-refractivity contribution in [2.75, 3.05) is 20.3 Å². The van der Waals surface area contributed by atoms with E-state index < -0.39 is 4.92 Å². The van der Waals surface area contributed by atoms with E-state index in [1.165, 1.54) is 38.5 Å². The first kappa shape index (κ1) is 19.3. The summed E-state index contributed by atoms with van der Waals surface area (Å²) in [6.45, 7) is 0.493. The lowest BCUT2D eigenvalue weighted by Crippen LogP contribution is -2.16. The van der Waals surface area contributed by atoms with Crippen molar-refractivity contribution in [2.45, 2.75) is 50.9 Å². The molecular formula is C19H25N3O5. The van der Waals surface area contributed by atoms with Crippen LogP contribution >= 0.6 is 0 Å². The molecule has 146 valence electrons. The number of nitrogens with one attached hydrogen (secondary N) is 1. The number of aromatic nitrogens is 2. The number of hydrogen-bond donors (Lipinski definition) is 1. The molecule has 1 aromatic carbocycles. The summed E-state index contributed by atoms with van der Waals surface area (Å²) in [4.78, 5) is 30.9. The smallest absolute Gasteiger partial charge is 0.311 e. The molecule has 1 saturated carbocycles. The van der Waals surface area contributed by atoms with Crippen molar-refractivity contribution < 1.29 is 14.4 Å². The van der Waals surface area contributed by atoms with Gasteiger partial charge in [0.2, 0.25) is 0 Å². The molecular weight excluding hydrogens is 350 g/mol. The average Bonchev–Trinajstić information content (AvgIpc) is 2.61. The minimum Gasteiger partial charge on any atom is -0.484 e. The maximum absolute atomic E-state index is 12.6. The molecule has 1 N–H and O–H groups in total. The lowest BCUT2D eigenvalue weighted by molar-refractivity contribution is -0.385. The van der Waals surface area contributed by atoms with Crippen LogP contribution in [0.4, 0.5) is 5.69 Å². The van der Waals surface area contributed by atoms with E-state index in [2.05, 4.69) is 9.97 Å². The fourth-order valence-electron chi connectivity index (χ4n) is 3.59. The van der Waals surface area contributed by atoms with Crippen molar-refractivity contribution >= 4 is 16.6 Å². The molecule has 0 radical (unpaired) electrons. The van der Waals surface area contributed by atoms with Crippen LogP contribution in [0, 0.1) is 10.1 Å². The number of benzene rings is 1. The third-order valence-corrected chi connectivity index (χ3v) is 5.04. The van der Waals surface area contributed by atoms with Crippen LogP contribution in [0.15, 0.2) is 16.9 Å². The maximum atomic E-state index is 12.6. The first-order valence-electron chi connectivity index (χ1n) is 9.44. The number of nitro benzene ring substituents is 1. The fourth-order valence-corrected chi connectivity index (χ4v) is 3.59. The van der Waals surface area contributed by atoms with Gasteiger partial charge in [0, 0.05) is 25.2 Å². The third-order valence-electron chi connectivity index (χ3n) is 5.04. The van der Waals surface area contributed by atoms with Gasteiger partial charge in [-0.05, 0) is 12.8 Å². The molecule has 0 unspecified atom stereocenters. The Hall–Kier alpha value is -2.48. The van der Waals surface area contributed by atoms with Gasteiger partial charge in [-0.3, -0.25) is 14.9 Å². The minimum atomic E-state index is -0.552. The van der Waals surface area contributed by atoms with Gasteiger partial charge >= 0.3 is 5.69 Å². The molecule has 0 amide bonds. The predicted octanol–water partition coefficient (Wildman–Crippen LogP) is 3.68. The number of methoxy groups -OCH3 is 1. The molecule has 1 aliphatic rings. The summed E-state index contributed by atoms with van der Waals surface area (Å²) in [5.41, 5.74) is -0.165. The van der Waals surface area contributed by atoms with Crippen LogP contribution in [0.3, 0.4) is 0 Å². The molecule has 1 aliphatic carbocycles. The summed E-state index contributed by atoms with van der Waals surface area (Å²) in [7, 11) is 1.53. The SMILES string of the molecule is COCCOc1cc2nc(C3CCCCCCC3)[nH]c(=O)c2cc1[N+](=O)[O-]. The van der Waals surface area contributed by atoms with Crippen LogP contribution < -0.4 is 10.3 Å². The van der Waals surface area contributed by atoms with Crippen LogP contribution in [0.25, 0.3) is 10.9 Å². The molecule has 27 heavy (non-hydrogen) atoms. The second kappa shape index (κ2) is 8.94. The van der Waals surface area contributed by atoms with E-state index in [1.54, 1.807) is 0 Å². The van der Waals surface area contributed by atoms with Crippen molar-refractivity contribution in [1.29, 1.82) is 0 Å². The van der Waals surface area contributed by atoms with Crippen LogP contribution in [-0.4, -0.2) is 35.2 Å². The first-order chi connectivity index (χ1) is 13.1. The van der Waals surface area contributed by atoms with Crippen molar-refractivity contribution in [1.82, 2.24) is 9.97 Å². The molecule has 0 bridgehead atoms. The highest BCUT2D eigenvalue weighted by Crippen LogP contribution is 2.32. The normalized spacial score (nSPS) is 16.0. The summed E-state index contributed by atoms with van der Waals surface area (Å²) in [6, 6.07) is 2.73. The number of aromatic amines is 1. The van der Waals surface area contributed by atoms with Gasteiger partial charge in [-0.1, -0.05) is 32.1 Å². The van der Waals surface area contributed by atoms with Crippen molar-refractivity contribution in [3.8, 4) is 5.75 Å². The Morgan fingerprint density at radius 3 is 2.56 bits per heavy atom. The Balaban J connectivity index is 2.00. The van der Waals surface area contributed by atoms with Gasteiger partial charge in [-0.15, -0.1) is 0 Å². The van der Waals surface area contributed by atoms with Crippen molar-refractivity contribution in [3.05, 3.63) is 38.4 Å². The molecule has 0 spiro atoms. The van der Waals surface area contributed by atoms with Crippen LogP contribution in [0.5, 0.6) is 5.75 Å². The van der Waals surface area contributed by atoms with Gasteiger partial charge in [0.25, 0.3) is 5.56 Å². The topological polar surface area (TPSA) is 107 Å². The van der Waals surface area contributed by atoms with Gasteiger partial charge in [0.05, 0.1) is 22.4 Å². The molecule has 2 aromatic rings. The van der Waals surface area contributed by atoms with Crippen molar-refractivity contribution in [3.63, 3.8) is 0 Å². The highest BCUT2D eigenvalue weighted by Gasteiger charge is 2.21. The van der Waals surface area contributed by atoms with E-state index in [4.69, 9.17) is 9.47 Å². The molecule has 0 atom stereocenters. The largest absolute Gasteiger partial charge is 0.484 e. The summed E-state index contributed by atoms with van der Waals surface area (Å²) < 4.78 is 10.4. The summed E-state index contributed by atoms with van der Waals surface area (Å²) in [6.07, 6.45) is 7.92. The Bertz CT molecular complexity index is 856. The number of H-pyrrole nitrogens is 1. The maximum Gasteiger partial charge on any atom is 0.311 e. The quantitative estimate of drug-likeness (QED) is 0.469. The second-order valence-corrected chi connectivity index (χ2v) is 6.93. The highest BCUT2D eigenvalue weighted by atomic mass is 16.6. The summed E-state index contributed by atoms with van der Waals surface area (Å²) in [5, 5.41) is 11.6. The molecule has 1 fully saturated rings. The van der Waals surface area contributed by atoms with E-state index in [9.17, 15) is 14.9 Å². The van der Waals surface area contributed by atoms with E-state index in [-0.39, 0.29) is 34.9 Å². The van der Waals surface area contributed by atoms with Gasteiger partial charge in [0.15, 0.2) is 5.75 Å².